The summed E-state index contributed by atoms with van der Waals surface area (Å²) in [6, 6.07) is 9.01. The minimum absolute atomic E-state index is 0.0471. The van der Waals surface area contributed by atoms with E-state index in [4.69, 9.17) is 11.6 Å². The smallest absolute Gasteiger partial charge is 0.408 e. The van der Waals surface area contributed by atoms with E-state index in [1.807, 2.05) is 0 Å². The molecule has 13 heteroatoms. The van der Waals surface area contributed by atoms with Gasteiger partial charge in [0.05, 0.1) is 24.0 Å². The second kappa shape index (κ2) is 9.81. The molecule has 1 aromatic heterocycles. The first-order valence-electron chi connectivity index (χ1n) is 10.2. The zero-order chi connectivity index (χ0) is 25.1. The molecule has 2 aromatic carbocycles. The molecule has 4 rings (SSSR count). The predicted octanol–water partition coefficient (Wildman–Crippen LogP) is 3.55. The second-order valence-electron chi connectivity index (χ2n) is 7.44. The maximum absolute atomic E-state index is 14.5. The number of amides is 3. The molecule has 0 atom stereocenters. The first-order valence-corrected chi connectivity index (χ1v) is 10.6. The van der Waals surface area contributed by atoms with Gasteiger partial charge in [0, 0.05) is 18.4 Å². The molecular weight excluding hydrogens is 481 g/mol. The van der Waals surface area contributed by atoms with E-state index in [0.717, 1.165) is 4.90 Å². The highest BCUT2D eigenvalue weighted by atomic mass is 35.5. The molecule has 0 bridgehead atoms. The fourth-order valence-electron chi connectivity index (χ4n) is 3.41. The third-order valence-corrected chi connectivity index (χ3v) is 5.36. The molecule has 1 aliphatic heterocycles. The van der Waals surface area contributed by atoms with Crippen LogP contribution in [0.2, 0.25) is 5.02 Å². The topological polar surface area (TPSA) is 149 Å². The van der Waals surface area contributed by atoms with Gasteiger partial charge in [-0.25, -0.2) is 14.2 Å². The number of carboxylic acid groups (broad SMARTS) is 1. The van der Waals surface area contributed by atoms with Crippen LogP contribution in [0.5, 0.6) is 0 Å². The van der Waals surface area contributed by atoms with Crippen LogP contribution in [0.1, 0.15) is 15.9 Å². The first-order chi connectivity index (χ1) is 16.7. The Kier molecular flexibility index (Phi) is 6.64. The minimum atomic E-state index is -1.20. The average Bonchev–Trinajstić information content (AvgIpc) is 2.99. The Labute approximate surface area is 203 Å². The largest absolute Gasteiger partial charge is 0.465 e. The van der Waals surface area contributed by atoms with Crippen molar-refractivity contribution in [1.82, 2.24) is 20.2 Å². The lowest BCUT2D eigenvalue weighted by Crippen LogP contribution is -2.33. The van der Waals surface area contributed by atoms with Gasteiger partial charge >= 0.3 is 6.09 Å². The number of hydrogen-bond acceptors (Lipinski definition) is 7. The van der Waals surface area contributed by atoms with E-state index in [1.165, 1.54) is 31.4 Å². The third kappa shape index (κ3) is 5.22. The van der Waals surface area contributed by atoms with Crippen LogP contribution in [0.25, 0.3) is 0 Å². The Bertz CT molecular complexity index is 1340. The predicted molar refractivity (Wildman–Crippen MR) is 127 cm³/mol. The molecule has 0 unspecified atom stereocenters. The quantitative estimate of drug-likeness (QED) is 0.358. The maximum atomic E-state index is 14.5. The molecular formula is C22H19ClFN7O4. The molecule has 0 aliphatic carbocycles. The lowest BCUT2D eigenvalue weighted by atomic mass is 10.1. The Hall–Kier alpha value is -4.45. The van der Waals surface area contributed by atoms with Crippen LogP contribution in [0.4, 0.5) is 38.0 Å². The van der Waals surface area contributed by atoms with Crippen LogP contribution in [-0.2, 0) is 11.3 Å². The van der Waals surface area contributed by atoms with Gasteiger partial charge in [-0.05, 0) is 29.8 Å². The van der Waals surface area contributed by atoms with Crippen molar-refractivity contribution in [2.75, 3.05) is 29.5 Å². The summed E-state index contributed by atoms with van der Waals surface area (Å²) in [6.07, 6.45) is 0.106. The van der Waals surface area contributed by atoms with Crippen LogP contribution in [0, 0.1) is 5.82 Å². The van der Waals surface area contributed by atoms with Crippen LogP contribution in [0.3, 0.4) is 0 Å². The van der Waals surface area contributed by atoms with Crippen LogP contribution < -0.4 is 21.3 Å². The number of halogens is 2. The van der Waals surface area contributed by atoms with E-state index in [-0.39, 0.29) is 41.1 Å². The van der Waals surface area contributed by atoms with Crippen LogP contribution in [0.15, 0.2) is 42.6 Å². The van der Waals surface area contributed by atoms with E-state index in [1.54, 1.807) is 18.2 Å². The Balaban J connectivity index is 1.60. The molecule has 0 saturated carbocycles. The fraction of sp³-hybridized carbons (Fsp3) is 0.136. The number of hydrogen-bond donors (Lipinski definition) is 5. The number of fused-ring (bicyclic) bond motifs is 1. The normalized spacial score (nSPS) is 12.8. The molecule has 0 spiro atoms. The summed E-state index contributed by atoms with van der Waals surface area (Å²) in [5.74, 6) is -1.48. The SMILES string of the molecule is CNC(=O)c1cccc(F)c1Nc1nc(Nc2ccc3c(c2)NC(=O)CN(C(=O)O)C3)ncc1Cl. The number of nitrogens with one attached hydrogen (secondary N) is 4. The van der Waals surface area contributed by atoms with E-state index in [2.05, 4.69) is 31.2 Å². The monoisotopic (exact) mass is 499 g/mol. The molecule has 3 amide bonds. The summed E-state index contributed by atoms with van der Waals surface area (Å²) in [6.45, 7) is -0.234. The number of anilines is 5. The van der Waals surface area contributed by atoms with Gasteiger partial charge in [0.1, 0.15) is 17.4 Å². The Morgan fingerprint density at radius 3 is 2.74 bits per heavy atom. The maximum Gasteiger partial charge on any atom is 0.408 e. The van der Waals surface area contributed by atoms with Gasteiger partial charge in [-0.15, -0.1) is 0 Å². The van der Waals surface area contributed by atoms with Gasteiger partial charge in [0.25, 0.3) is 5.91 Å². The lowest BCUT2D eigenvalue weighted by molar-refractivity contribution is -0.116. The van der Waals surface area contributed by atoms with Crippen LogP contribution in [-0.4, -0.2) is 51.5 Å². The van der Waals surface area contributed by atoms with Crippen molar-refractivity contribution in [3.05, 3.63) is 64.6 Å². The third-order valence-electron chi connectivity index (χ3n) is 5.08. The summed E-state index contributed by atoms with van der Waals surface area (Å²) in [5.41, 5.74) is 1.52. The van der Waals surface area contributed by atoms with Crippen molar-refractivity contribution in [2.24, 2.45) is 0 Å². The molecule has 0 fully saturated rings. The standard InChI is InChI=1S/C22H19ClFN7O4/c1-25-20(33)13-3-2-4-15(24)18(13)29-19-14(23)8-26-21(30-19)27-12-6-5-11-9-31(22(34)35)10-17(32)28-16(11)7-12/h2-8H,9-10H2,1H3,(H,25,33)(H,28,32)(H,34,35)(H2,26,27,29,30). The Morgan fingerprint density at radius 1 is 1.20 bits per heavy atom. The number of carbonyl (C=O) groups excluding carboxylic acids is 2. The number of benzene rings is 2. The van der Waals surface area contributed by atoms with Crippen molar-refractivity contribution in [3.63, 3.8) is 0 Å². The number of para-hydroxylation sites is 1. The summed E-state index contributed by atoms with van der Waals surface area (Å²) in [5, 5.41) is 20.2. The number of nitrogens with zero attached hydrogens (tertiary/aromatic N) is 3. The van der Waals surface area contributed by atoms with Gasteiger partial charge < -0.3 is 26.4 Å². The molecule has 3 aromatic rings. The van der Waals surface area contributed by atoms with Gasteiger partial charge in [0.2, 0.25) is 11.9 Å². The first kappa shape index (κ1) is 23.7. The molecule has 0 saturated heterocycles. The zero-order valence-corrected chi connectivity index (χ0v) is 19.0. The molecule has 0 radical (unpaired) electrons. The van der Waals surface area contributed by atoms with Crippen molar-refractivity contribution < 1.29 is 23.9 Å². The highest BCUT2D eigenvalue weighted by Crippen LogP contribution is 2.30. The molecule has 2 heterocycles. The van der Waals surface area contributed by atoms with Gasteiger partial charge in [0.15, 0.2) is 5.82 Å². The zero-order valence-electron chi connectivity index (χ0n) is 18.2. The number of rotatable bonds is 5. The molecule has 1 aliphatic rings. The second-order valence-corrected chi connectivity index (χ2v) is 7.85. The number of carbonyl (C=O) groups is 3. The van der Waals surface area contributed by atoms with Gasteiger partial charge in [-0.3, -0.25) is 14.5 Å². The molecule has 5 N–H and O–H groups in total. The van der Waals surface area contributed by atoms with Crippen molar-refractivity contribution in [3.8, 4) is 0 Å². The summed E-state index contributed by atoms with van der Waals surface area (Å²) >= 11 is 6.20. The summed E-state index contributed by atoms with van der Waals surface area (Å²) < 4.78 is 14.5. The summed E-state index contributed by atoms with van der Waals surface area (Å²) in [4.78, 5) is 44.9. The molecule has 11 nitrogen and oxygen atoms in total. The van der Waals surface area contributed by atoms with Crippen LogP contribution >= 0.6 is 11.6 Å². The van der Waals surface area contributed by atoms with Crippen molar-refractivity contribution in [2.45, 2.75) is 6.54 Å². The minimum Gasteiger partial charge on any atom is -0.465 e. The van der Waals surface area contributed by atoms with E-state index < -0.39 is 23.7 Å². The number of aromatic nitrogens is 2. The summed E-state index contributed by atoms with van der Waals surface area (Å²) in [7, 11) is 1.43. The molecule has 35 heavy (non-hydrogen) atoms. The van der Waals surface area contributed by atoms with E-state index in [9.17, 15) is 23.9 Å². The van der Waals surface area contributed by atoms with Gasteiger partial charge in [-0.2, -0.15) is 4.98 Å². The van der Waals surface area contributed by atoms with E-state index >= 15 is 0 Å². The Morgan fingerprint density at radius 2 is 2.00 bits per heavy atom. The lowest BCUT2D eigenvalue weighted by Gasteiger charge is -2.15. The van der Waals surface area contributed by atoms with Gasteiger partial charge in [-0.1, -0.05) is 23.7 Å². The molecule has 180 valence electrons. The fourth-order valence-corrected chi connectivity index (χ4v) is 3.54. The highest BCUT2D eigenvalue weighted by molar-refractivity contribution is 6.33. The van der Waals surface area contributed by atoms with Crippen molar-refractivity contribution >= 4 is 58.3 Å². The highest BCUT2D eigenvalue weighted by Gasteiger charge is 2.23. The average molecular weight is 500 g/mol. The van der Waals surface area contributed by atoms with Crippen molar-refractivity contribution in [1.29, 1.82) is 0 Å². The van der Waals surface area contributed by atoms with E-state index in [0.29, 0.717) is 16.9 Å².